The van der Waals surface area contributed by atoms with Crippen LogP contribution in [0, 0.1) is 11.7 Å². The van der Waals surface area contributed by atoms with Crippen LogP contribution in [0.4, 0.5) is 10.1 Å². The molecule has 0 saturated heterocycles. The molecule has 1 atom stereocenters. The average Bonchev–Trinajstić information content (AvgIpc) is 2.22. The summed E-state index contributed by atoms with van der Waals surface area (Å²) in [6, 6.07) is 4.58. The summed E-state index contributed by atoms with van der Waals surface area (Å²) < 4.78 is 14.1. The zero-order chi connectivity index (χ0) is 12.1. The van der Waals surface area contributed by atoms with Gasteiger partial charge in [-0.1, -0.05) is 36.2 Å². The van der Waals surface area contributed by atoms with E-state index >= 15 is 0 Å². The average molecular weight is 288 g/mol. The fourth-order valence-electron chi connectivity index (χ4n) is 1.41. The lowest BCUT2D eigenvalue weighted by molar-refractivity contribution is -0.119. The number of carbonyl (C=O) groups is 1. The first kappa shape index (κ1) is 13.2. The van der Waals surface area contributed by atoms with Crippen LogP contribution in [0.15, 0.2) is 22.7 Å². The van der Waals surface area contributed by atoms with E-state index < -0.39 is 5.82 Å². The number of anilines is 1. The van der Waals surface area contributed by atoms with Crippen LogP contribution in [0.5, 0.6) is 0 Å². The highest BCUT2D eigenvalue weighted by Crippen LogP contribution is 2.20. The standard InChI is InChI=1S/C12H15BrFNO/c1-3-4-8(2)12(16)15-11-6-5-9(13)7-10(11)14/h5-8H,3-4H2,1-2H3,(H,15,16)/t8-/m1/s1. The van der Waals surface area contributed by atoms with E-state index in [1.807, 2.05) is 13.8 Å². The minimum atomic E-state index is -0.425. The Bertz CT molecular complexity index is 381. The molecule has 88 valence electrons. The third kappa shape index (κ3) is 3.59. The van der Waals surface area contributed by atoms with Crippen LogP contribution < -0.4 is 5.32 Å². The number of hydrogen-bond acceptors (Lipinski definition) is 1. The molecule has 0 aliphatic carbocycles. The molecule has 0 bridgehead atoms. The fourth-order valence-corrected chi connectivity index (χ4v) is 1.74. The molecule has 0 saturated carbocycles. The molecule has 0 aromatic heterocycles. The van der Waals surface area contributed by atoms with E-state index in [0.717, 1.165) is 12.8 Å². The highest BCUT2D eigenvalue weighted by molar-refractivity contribution is 9.10. The number of nitrogens with one attached hydrogen (secondary N) is 1. The molecule has 0 aliphatic rings. The second-order valence-corrected chi connectivity index (χ2v) is 4.72. The minimum absolute atomic E-state index is 0.0898. The van der Waals surface area contributed by atoms with Gasteiger partial charge in [0.05, 0.1) is 5.69 Å². The summed E-state index contributed by atoms with van der Waals surface area (Å²) in [6.45, 7) is 3.86. The zero-order valence-electron chi connectivity index (χ0n) is 9.39. The lowest BCUT2D eigenvalue weighted by Gasteiger charge is -2.11. The SMILES string of the molecule is CCC[C@@H](C)C(=O)Nc1ccc(Br)cc1F. The van der Waals surface area contributed by atoms with Crippen molar-refractivity contribution in [2.75, 3.05) is 5.32 Å². The minimum Gasteiger partial charge on any atom is -0.323 e. The van der Waals surface area contributed by atoms with E-state index in [-0.39, 0.29) is 17.5 Å². The van der Waals surface area contributed by atoms with E-state index in [0.29, 0.717) is 4.47 Å². The molecule has 16 heavy (non-hydrogen) atoms. The first-order valence-corrected chi connectivity index (χ1v) is 6.09. The van der Waals surface area contributed by atoms with Crippen LogP contribution in [0.3, 0.4) is 0 Å². The Labute approximate surface area is 103 Å². The number of carbonyl (C=O) groups excluding carboxylic acids is 1. The van der Waals surface area contributed by atoms with Crippen molar-refractivity contribution in [2.24, 2.45) is 5.92 Å². The van der Waals surface area contributed by atoms with Gasteiger partial charge in [-0.25, -0.2) is 4.39 Å². The Morgan fingerprint density at radius 3 is 2.81 bits per heavy atom. The summed E-state index contributed by atoms with van der Waals surface area (Å²) in [5, 5.41) is 2.59. The monoisotopic (exact) mass is 287 g/mol. The Morgan fingerprint density at radius 2 is 2.25 bits per heavy atom. The van der Waals surface area contributed by atoms with Gasteiger partial charge in [-0.3, -0.25) is 4.79 Å². The van der Waals surface area contributed by atoms with E-state index in [1.165, 1.54) is 6.07 Å². The first-order valence-electron chi connectivity index (χ1n) is 5.30. The molecule has 4 heteroatoms. The molecule has 0 unspecified atom stereocenters. The highest BCUT2D eigenvalue weighted by atomic mass is 79.9. The predicted molar refractivity (Wildman–Crippen MR) is 66.8 cm³/mol. The summed E-state index contributed by atoms with van der Waals surface area (Å²) >= 11 is 3.16. The molecule has 0 radical (unpaired) electrons. The Balaban J connectivity index is 2.69. The number of benzene rings is 1. The van der Waals surface area contributed by atoms with Crippen molar-refractivity contribution in [1.29, 1.82) is 0 Å². The zero-order valence-corrected chi connectivity index (χ0v) is 11.0. The van der Waals surface area contributed by atoms with Gasteiger partial charge in [0.2, 0.25) is 5.91 Å². The molecular weight excluding hydrogens is 273 g/mol. The highest BCUT2D eigenvalue weighted by Gasteiger charge is 2.13. The van der Waals surface area contributed by atoms with Gasteiger partial charge in [-0.05, 0) is 24.6 Å². The molecule has 0 heterocycles. The maximum atomic E-state index is 13.4. The van der Waals surface area contributed by atoms with Gasteiger partial charge >= 0.3 is 0 Å². The molecular formula is C12H15BrFNO. The maximum absolute atomic E-state index is 13.4. The first-order chi connectivity index (χ1) is 7.54. The molecule has 1 aromatic rings. The maximum Gasteiger partial charge on any atom is 0.227 e. The van der Waals surface area contributed by atoms with Gasteiger partial charge in [0.1, 0.15) is 5.82 Å². The Hall–Kier alpha value is -0.900. The fraction of sp³-hybridized carbons (Fsp3) is 0.417. The van der Waals surface area contributed by atoms with E-state index in [9.17, 15) is 9.18 Å². The molecule has 2 nitrogen and oxygen atoms in total. The van der Waals surface area contributed by atoms with Crippen LogP contribution in [-0.4, -0.2) is 5.91 Å². The molecule has 1 rings (SSSR count). The summed E-state index contributed by atoms with van der Waals surface area (Å²) in [5.74, 6) is -0.650. The third-order valence-corrected chi connectivity index (χ3v) is 2.85. The van der Waals surface area contributed by atoms with Gasteiger partial charge < -0.3 is 5.32 Å². The Morgan fingerprint density at radius 1 is 1.56 bits per heavy atom. The van der Waals surface area contributed by atoms with E-state index in [1.54, 1.807) is 12.1 Å². The van der Waals surface area contributed by atoms with Gasteiger partial charge in [0.15, 0.2) is 0 Å². The number of amides is 1. The van der Waals surface area contributed by atoms with Crippen molar-refractivity contribution in [3.05, 3.63) is 28.5 Å². The van der Waals surface area contributed by atoms with Crippen LogP contribution >= 0.6 is 15.9 Å². The van der Waals surface area contributed by atoms with Gasteiger partial charge in [-0.15, -0.1) is 0 Å². The topological polar surface area (TPSA) is 29.1 Å². The Kier molecular flexibility index (Phi) is 4.93. The van der Waals surface area contributed by atoms with E-state index in [4.69, 9.17) is 0 Å². The van der Waals surface area contributed by atoms with Gasteiger partial charge in [0.25, 0.3) is 0 Å². The predicted octanol–water partition coefficient (Wildman–Crippen LogP) is 3.96. The van der Waals surface area contributed by atoms with Crippen molar-refractivity contribution in [3.63, 3.8) is 0 Å². The largest absolute Gasteiger partial charge is 0.323 e. The quantitative estimate of drug-likeness (QED) is 0.892. The summed E-state index contributed by atoms with van der Waals surface area (Å²) in [4.78, 5) is 11.7. The lowest BCUT2D eigenvalue weighted by atomic mass is 10.1. The molecule has 1 N–H and O–H groups in total. The van der Waals surface area contributed by atoms with Crippen LogP contribution in [0.1, 0.15) is 26.7 Å². The number of hydrogen-bond donors (Lipinski definition) is 1. The molecule has 0 fully saturated rings. The summed E-state index contributed by atoms with van der Waals surface area (Å²) in [6.07, 6.45) is 1.75. The van der Waals surface area contributed by atoms with Crippen molar-refractivity contribution in [3.8, 4) is 0 Å². The van der Waals surface area contributed by atoms with Gasteiger partial charge in [0, 0.05) is 10.4 Å². The molecule has 0 aliphatic heterocycles. The molecule has 0 spiro atoms. The van der Waals surface area contributed by atoms with Crippen LogP contribution in [-0.2, 0) is 4.79 Å². The smallest absolute Gasteiger partial charge is 0.227 e. The van der Waals surface area contributed by atoms with Crippen molar-refractivity contribution < 1.29 is 9.18 Å². The van der Waals surface area contributed by atoms with Crippen LogP contribution in [0.2, 0.25) is 0 Å². The summed E-state index contributed by atoms with van der Waals surface area (Å²) in [5.41, 5.74) is 0.233. The van der Waals surface area contributed by atoms with Crippen molar-refractivity contribution >= 4 is 27.5 Å². The van der Waals surface area contributed by atoms with Crippen molar-refractivity contribution in [1.82, 2.24) is 0 Å². The normalized spacial score (nSPS) is 12.2. The van der Waals surface area contributed by atoms with E-state index in [2.05, 4.69) is 21.2 Å². The van der Waals surface area contributed by atoms with Crippen LogP contribution in [0.25, 0.3) is 0 Å². The van der Waals surface area contributed by atoms with Crippen molar-refractivity contribution in [2.45, 2.75) is 26.7 Å². The third-order valence-electron chi connectivity index (χ3n) is 2.36. The number of rotatable bonds is 4. The molecule has 1 amide bonds. The second-order valence-electron chi connectivity index (χ2n) is 3.80. The summed E-state index contributed by atoms with van der Waals surface area (Å²) in [7, 11) is 0. The molecule has 1 aromatic carbocycles. The lowest BCUT2D eigenvalue weighted by Crippen LogP contribution is -2.20. The van der Waals surface area contributed by atoms with Gasteiger partial charge in [-0.2, -0.15) is 0 Å². The second kappa shape index (κ2) is 5.99. The number of halogens is 2.